The molecule has 2 aromatic carbocycles. The molecule has 2 unspecified atom stereocenters. The van der Waals surface area contributed by atoms with Crippen LogP contribution in [0.2, 0.25) is 5.02 Å². The first-order valence-electron chi connectivity index (χ1n) is 10.2. The van der Waals surface area contributed by atoms with Gasteiger partial charge in [0.15, 0.2) is 0 Å². The molecule has 2 aromatic rings. The van der Waals surface area contributed by atoms with Gasteiger partial charge in [-0.05, 0) is 42.5 Å². The number of hydrogen-bond acceptors (Lipinski definition) is 3. The Bertz CT molecular complexity index is 886. The Morgan fingerprint density at radius 1 is 1.13 bits per heavy atom. The van der Waals surface area contributed by atoms with Gasteiger partial charge in [-0.1, -0.05) is 54.1 Å². The van der Waals surface area contributed by atoms with Gasteiger partial charge in [0.05, 0.1) is 18.6 Å². The Morgan fingerprint density at radius 2 is 1.83 bits per heavy atom. The van der Waals surface area contributed by atoms with Crippen LogP contribution in [-0.4, -0.2) is 58.9 Å². The molecule has 2 fully saturated rings. The van der Waals surface area contributed by atoms with E-state index in [0.717, 1.165) is 24.0 Å². The zero-order valence-corrected chi connectivity index (χ0v) is 17.4. The summed E-state index contributed by atoms with van der Waals surface area (Å²) in [6, 6.07) is 17.0. The minimum absolute atomic E-state index is 0.0000407. The molecule has 2 atom stereocenters. The molecule has 1 N–H and O–H groups in total. The van der Waals surface area contributed by atoms with Gasteiger partial charge in [0, 0.05) is 17.6 Å². The van der Waals surface area contributed by atoms with Crippen LogP contribution in [0.3, 0.4) is 0 Å². The van der Waals surface area contributed by atoms with Crippen LogP contribution in [0.15, 0.2) is 54.6 Å². The molecule has 6 nitrogen and oxygen atoms in total. The molecule has 30 heavy (non-hydrogen) atoms. The summed E-state index contributed by atoms with van der Waals surface area (Å²) >= 11 is 6.03. The van der Waals surface area contributed by atoms with Gasteiger partial charge in [-0.2, -0.15) is 0 Å². The first-order valence-corrected chi connectivity index (χ1v) is 10.6. The molecule has 0 radical (unpaired) electrons. The summed E-state index contributed by atoms with van der Waals surface area (Å²) in [4.78, 5) is 28.6. The molecule has 4 rings (SSSR count). The van der Waals surface area contributed by atoms with Crippen LogP contribution >= 0.6 is 11.6 Å². The van der Waals surface area contributed by atoms with E-state index in [1.807, 2.05) is 30.3 Å². The van der Waals surface area contributed by atoms with Gasteiger partial charge < -0.3 is 19.6 Å². The fourth-order valence-corrected chi connectivity index (χ4v) is 4.09. The second kappa shape index (κ2) is 9.06. The summed E-state index contributed by atoms with van der Waals surface area (Å²) in [5.41, 5.74) is 1.90. The van der Waals surface area contributed by atoms with E-state index < -0.39 is 12.0 Å². The van der Waals surface area contributed by atoms with Crippen LogP contribution in [0.4, 0.5) is 4.79 Å². The third kappa shape index (κ3) is 4.77. The zero-order chi connectivity index (χ0) is 21.1. The minimum Gasteiger partial charge on any atom is -0.465 e. The lowest BCUT2D eigenvalue weighted by atomic mass is 9.95. The Balaban J connectivity index is 1.57. The third-order valence-electron chi connectivity index (χ3n) is 5.76. The highest BCUT2D eigenvalue weighted by Crippen LogP contribution is 2.32. The summed E-state index contributed by atoms with van der Waals surface area (Å²) in [6.07, 6.45) is 1.41. The highest BCUT2D eigenvalue weighted by atomic mass is 35.5. The van der Waals surface area contributed by atoms with Gasteiger partial charge in [-0.15, -0.1) is 0 Å². The summed E-state index contributed by atoms with van der Waals surface area (Å²) in [6.45, 7) is 0.825. The highest BCUT2D eigenvalue weighted by Gasteiger charge is 2.39. The smallest absolute Gasteiger partial charge is 0.407 e. The Labute approximate surface area is 181 Å². The van der Waals surface area contributed by atoms with Crippen molar-refractivity contribution in [3.05, 3.63) is 70.7 Å². The van der Waals surface area contributed by atoms with Crippen molar-refractivity contribution in [1.82, 2.24) is 9.80 Å². The molecule has 2 amide bonds. The Kier molecular flexibility index (Phi) is 6.25. The van der Waals surface area contributed by atoms with E-state index in [1.54, 1.807) is 29.2 Å². The second-order valence-electron chi connectivity index (χ2n) is 7.92. The molecule has 1 saturated carbocycles. The molecule has 0 spiro atoms. The molecule has 0 aromatic heterocycles. The molecular formula is C23H25ClN2O4. The van der Waals surface area contributed by atoms with Gasteiger partial charge in [0.25, 0.3) is 0 Å². The number of ether oxygens (including phenoxy) is 1. The minimum atomic E-state index is -0.984. The van der Waals surface area contributed by atoms with Crippen molar-refractivity contribution in [3.63, 3.8) is 0 Å². The molecule has 1 saturated heterocycles. The van der Waals surface area contributed by atoms with Gasteiger partial charge in [-0.3, -0.25) is 4.79 Å². The molecular weight excluding hydrogens is 404 g/mol. The lowest BCUT2D eigenvalue weighted by Gasteiger charge is -2.30. The van der Waals surface area contributed by atoms with E-state index in [0.29, 0.717) is 18.1 Å². The van der Waals surface area contributed by atoms with Crippen LogP contribution in [0.1, 0.15) is 29.9 Å². The van der Waals surface area contributed by atoms with Crippen molar-refractivity contribution in [2.45, 2.75) is 37.3 Å². The number of carbonyl (C=O) groups is 2. The number of benzene rings is 2. The summed E-state index contributed by atoms with van der Waals surface area (Å²) < 4.78 is 5.63. The SMILES string of the molecule is O=C(O)N(CC(C(=O)N1COCC1Cc1ccccc1)c1ccc(Cl)cc1)C1CC1. The monoisotopic (exact) mass is 428 g/mol. The molecule has 1 heterocycles. The van der Waals surface area contributed by atoms with Gasteiger partial charge in [-0.25, -0.2) is 4.79 Å². The summed E-state index contributed by atoms with van der Waals surface area (Å²) in [5, 5.41) is 10.3. The Morgan fingerprint density at radius 3 is 2.47 bits per heavy atom. The summed E-state index contributed by atoms with van der Waals surface area (Å²) in [7, 11) is 0. The average Bonchev–Trinajstić information content (AvgIpc) is 3.48. The predicted molar refractivity (Wildman–Crippen MR) is 114 cm³/mol. The Hall–Kier alpha value is -2.57. The van der Waals surface area contributed by atoms with Gasteiger partial charge in [0.2, 0.25) is 5.91 Å². The van der Waals surface area contributed by atoms with Gasteiger partial charge in [0.1, 0.15) is 6.73 Å². The van der Waals surface area contributed by atoms with Crippen molar-refractivity contribution in [3.8, 4) is 0 Å². The van der Waals surface area contributed by atoms with E-state index >= 15 is 0 Å². The summed E-state index contributed by atoms with van der Waals surface area (Å²) in [5.74, 6) is -0.707. The maximum Gasteiger partial charge on any atom is 0.407 e. The van der Waals surface area contributed by atoms with Crippen LogP contribution < -0.4 is 0 Å². The number of halogens is 1. The van der Waals surface area contributed by atoms with E-state index in [2.05, 4.69) is 0 Å². The predicted octanol–water partition coefficient (Wildman–Crippen LogP) is 3.99. The number of carbonyl (C=O) groups excluding carboxylic acids is 1. The maximum atomic E-state index is 13.6. The maximum absolute atomic E-state index is 13.6. The quantitative estimate of drug-likeness (QED) is 0.723. The van der Waals surface area contributed by atoms with E-state index in [4.69, 9.17) is 16.3 Å². The van der Waals surface area contributed by atoms with Crippen molar-refractivity contribution < 1.29 is 19.4 Å². The largest absolute Gasteiger partial charge is 0.465 e. The number of rotatable bonds is 7. The van der Waals surface area contributed by atoms with Crippen molar-refractivity contribution >= 4 is 23.6 Å². The van der Waals surface area contributed by atoms with Crippen LogP contribution in [-0.2, 0) is 16.0 Å². The highest BCUT2D eigenvalue weighted by molar-refractivity contribution is 6.30. The number of amides is 2. The standard InChI is InChI=1S/C23H25ClN2O4/c24-18-8-6-17(7-9-18)21(13-25(23(28)29)19-10-11-19)22(27)26-15-30-14-20(26)12-16-4-2-1-3-5-16/h1-9,19-21H,10-15H2,(H,28,29). The average molecular weight is 429 g/mol. The molecule has 7 heteroatoms. The van der Waals surface area contributed by atoms with Crippen molar-refractivity contribution in [1.29, 1.82) is 0 Å². The third-order valence-corrected chi connectivity index (χ3v) is 6.01. The van der Waals surface area contributed by atoms with E-state index in [1.165, 1.54) is 4.90 Å². The van der Waals surface area contributed by atoms with Gasteiger partial charge >= 0.3 is 6.09 Å². The van der Waals surface area contributed by atoms with Crippen LogP contribution in [0.25, 0.3) is 0 Å². The number of hydrogen-bond donors (Lipinski definition) is 1. The van der Waals surface area contributed by atoms with E-state index in [9.17, 15) is 14.7 Å². The van der Waals surface area contributed by atoms with E-state index in [-0.39, 0.29) is 31.3 Å². The van der Waals surface area contributed by atoms with Crippen LogP contribution in [0.5, 0.6) is 0 Å². The lowest BCUT2D eigenvalue weighted by Crippen LogP contribution is -2.45. The number of carboxylic acid groups (broad SMARTS) is 1. The molecule has 2 aliphatic rings. The van der Waals surface area contributed by atoms with Crippen molar-refractivity contribution in [2.24, 2.45) is 0 Å². The second-order valence-corrected chi connectivity index (χ2v) is 8.36. The molecule has 1 aliphatic heterocycles. The first kappa shape index (κ1) is 20.7. The fourth-order valence-electron chi connectivity index (χ4n) is 3.97. The topological polar surface area (TPSA) is 70.1 Å². The zero-order valence-electron chi connectivity index (χ0n) is 16.6. The van der Waals surface area contributed by atoms with Crippen molar-refractivity contribution in [2.75, 3.05) is 19.9 Å². The molecule has 0 bridgehead atoms. The molecule has 158 valence electrons. The normalized spacial score (nSPS) is 19.5. The fraction of sp³-hybridized carbons (Fsp3) is 0.391. The lowest BCUT2D eigenvalue weighted by molar-refractivity contribution is -0.135. The number of nitrogens with zero attached hydrogens (tertiary/aromatic N) is 2. The molecule has 1 aliphatic carbocycles. The van der Waals surface area contributed by atoms with Crippen LogP contribution in [0, 0.1) is 0 Å². The first-order chi connectivity index (χ1) is 14.5.